The number of ketones is 1. The standard InChI is InChI=1S/C23H23ClN2O5S/c1-15-22(17-7-3-4-8-19(17)25-15)20(27)14-31-23(28)16-9-10-18(24)21(13-16)32(29,30)26-11-5-2-6-12-26/h3-4,7-10,13,25H,2,5-6,11-12,14H2,1H3. The average Bonchev–Trinajstić information content (AvgIpc) is 3.13. The number of aromatic amines is 1. The average molecular weight is 475 g/mol. The van der Waals surface area contributed by atoms with Gasteiger partial charge in [0.05, 0.1) is 10.6 Å². The van der Waals surface area contributed by atoms with Crippen LogP contribution in [0.5, 0.6) is 0 Å². The molecule has 3 aromatic rings. The molecule has 4 rings (SSSR count). The van der Waals surface area contributed by atoms with Crippen LogP contribution in [0.3, 0.4) is 0 Å². The van der Waals surface area contributed by atoms with E-state index in [9.17, 15) is 18.0 Å². The Morgan fingerprint density at radius 2 is 1.81 bits per heavy atom. The number of aromatic nitrogens is 1. The van der Waals surface area contributed by atoms with E-state index in [-0.39, 0.29) is 21.3 Å². The van der Waals surface area contributed by atoms with Gasteiger partial charge < -0.3 is 9.72 Å². The van der Waals surface area contributed by atoms with Crippen molar-refractivity contribution in [3.63, 3.8) is 0 Å². The minimum atomic E-state index is -3.82. The van der Waals surface area contributed by atoms with E-state index >= 15 is 0 Å². The monoisotopic (exact) mass is 474 g/mol. The normalized spacial score (nSPS) is 15.1. The van der Waals surface area contributed by atoms with Crippen LogP contribution < -0.4 is 0 Å². The smallest absolute Gasteiger partial charge is 0.338 e. The highest BCUT2D eigenvalue weighted by Gasteiger charge is 2.29. The first-order chi connectivity index (χ1) is 15.3. The molecule has 0 saturated carbocycles. The van der Waals surface area contributed by atoms with E-state index in [1.807, 2.05) is 24.3 Å². The van der Waals surface area contributed by atoms with Crippen molar-refractivity contribution < 1.29 is 22.7 Å². The van der Waals surface area contributed by atoms with Gasteiger partial charge in [-0.3, -0.25) is 4.79 Å². The van der Waals surface area contributed by atoms with Crippen molar-refractivity contribution in [2.45, 2.75) is 31.1 Å². The number of para-hydroxylation sites is 1. The summed E-state index contributed by atoms with van der Waals surface area (Å²) in [6, 6.07) is 11.4. The van der Waals surface area contributed by atoms with E-state index in [0.717, 1.165) is 30.2 Å². The fourth-order valence-electron chi connectivity index (χ4n) is 3.99. The fraction of sp³-hybridized carbons (Fsp3) is 0.304. The van der Waals surface area contributed by atoms with E-state index in [2.05, 4.69) is 4.98 Å². The Labute approximate surface area is 191 Å². The van der Waals surface area contributed by atoms with Gasteiger partial charge in [0.1, 0.15) is 4.90 Å². The molecule has 0 radical (unpaired) electrons. The Bertz CT molecular complexity index is 1290. The van der Waals surface area contributed by atoms with Crippen LogP contribution in [0.25, 0.3) is 10.9 Å². The van der Waals surface area contributed by atoms with Crippen molar-refractivity contribution in [2.24, 2.45) is 0 Å². The molecular formula is C23H23ClN2O5S. The molecule has 9 heteroatoms. The topological polar surface area (TPSA) is 96.5 Å². The third-order valence-corrected chi connectivity index (χ3v) is 7.99. The third kappa shape index (κ3) is 4.30. The number of aryl methyl sites for hydroxylation is 1. The molecule has 1 saturated heterocycles. The van der Waals surface area contributed by atoms with Gasteiger partial charge in [-0.25, -0.2) is 13.2 Å². The van der Waals surface area contributed by atoms with Gasteiger partial charge in [-0.15, -0.1) is 0 Å². The van der Waals surface area contributed by atoms with E-state index in [1.54, 1.807) is 6.92 Å². The third-order valence-electron chi connectivity index (χ3n) is 5.61. The molecule has 0 atom stereocenters. The predicted molar refractivity (Wildman–Crippen MR) is 122 cm³/mol. The van der Waals surface area contributed by atoms with Crippen LogP contribution in [0, 0.1) is 6.92 Å². The molecule has 0 bridgehead atoms. The molecule has 1 N–H and O–H groups in total. The minimum absolute atomic E-state index is 0.0217. The number of hydrogen-bond donors (Lipinski definition) is 1. The van der Waals surface area contributed by atoms with Gasteiger partial charge in [-0.2, -0.15) is 4.31 Å². The molecule has 0 spiro atoms. The van der Waals surface area contributed by atoms with Gasteiger partial charge in [0, 0.05) is 35.2 Å². The molecule has 0 amide bonds. The van der Waals surface area contributed by atoms with Gasteiger partial charge >= 0.3 is 5.97 Å². The van der Waals surface area contributed by atoms with Crippen LogP contribution in [0.2, 0.25) is 5.02 Å². The van der Waals surface area contributed by atoms with Crippen molar-refractivity contribution in [3.8, 4) is 0 Å². The quantitative estimate of drug-likeness (QED) is 0.423. The molecule has 1 fully saturated rings. The summed E-state index contributed by atoms with van der Waals surface area (Å²) in [5.41, 5.74) is 2.00. The minimum Gasteiger partial charge on any atom is -0.454 e. The van der Waals surface area contributed by atoms with E-state index in [4.69, 9.17) is 16.3 Å². The Balaban J connectivity index is 1.52. The molecule has 32 heavy (non-hydrogen) atoms. The largest absolute Gasteiger partial charge is 0.454 e. The number of sulfonamides is 1. The molecule has 1 aliphatic heterocycles. The van der Waals surface area contributed by atoms with Crippen molar-refractivity contribution in [1.82, 2.24) is 9.29 Å². The number of piperidine rings is 1. The van der Waals surface area contributed by atoms with Gasteiger partial charge in [-0.1, -0.05) is 36.2 Å². The molecule has 2 heterocycles. The predicted octanol–water partition coefficient (Wildman–Crippen LogP) is 4.34. The van der Waals surface area contributed by atoms with Crippen LogP contribution in [0.4, 0.5) is 0 Å². The van der Waals surface area contributed by atoms with Gasteiger partial charge in [0.15, 0.2) is 6.61 Å². The molecular weight excluding hydrogens is 452 g/mol. The lowest BCUT2D eigenvalue weighted by molar-refractivity contribution is 0.0474. The molecule has 7 nitrogen and oxygen atoms in total. The lowest BCUT2D eigenvalue weighted by atomic mass is 10.1. The summed E-state index contributed by atoms with van der Waals surface area (Å²) < 4.78 is 32.6. The molecule has 0 unspecified atom stereocenters. The highest BCUT2D eigenvalue weighted by molar-refractivity contribution is 7.89. The van der Waals surface area contributed by atoms with Crippen LogP contribution in [0.1, 0.15) is 45.7 Å². The molecule has 168 valence electrons. The number of carbonyl (C=O) groups excluding carboxylic acids is 2. The van der Waals surface area contributed by atoms with Crippen molar-refractivity contribution in [3.05, 3.63) is 64.3 Å². The second-order valence-corrected chi connectivity index (χ2v) is 10.1. The maximum Gasteiger partial charge on any atom is 0.338 e. The van der Waals surface area contributed by atoms with Crippen LogP contribution in [-0.4, -0.2) is 49.2 Å². The summed E-state index contributed by atoms with van der Waals surface area (Å²) in [7, 11) is -3.82. The van der Waals surface area contributed by atoms with Crippen LogP contribution in [0.15, 0.2) is 47.4 Å². The number of Topliss-reactive ketones (excluding diaryl/α,β-unsaturated/α-hetero) is 1. The number of H-pyrrole nitrogens is 1. The number of halogens is 1. The van der Waals surface area contributed by atoms with E-state index in [0.29, 0.717) is 24.3 Å². The number of esters is 1. The highest BCUT2D eigenvalue weighted by atomic mass is 35.5. The zero-order valence-corrected chi connectivity index (χ0v) is 19.1. The number of benzene rings is 2. The SMILES string of the molecule is Cc1[nH]c2ccccc2c1C(=O)COC(=O)c1ccc(Cl)c(S(=O)(=O)N2CCCCC2)c1. The van der Waals surface area contributed by atoms with Crippen LogP contribution >= 0.6 is 11.6 Å². The lowest BCUT2D eigenvalue weighted by Gasteiger charge is -2.26. The summed E-state index contributed by atoms with van der Waals surface area (Å²) in [5.74, 6) is -1.13. The number of carbonyl (C=O) groups is 2. The first kappa shape index (κ1) is 22.5. The first-order valence-corrected chi connectivity index (χ1v) is 12.2. The number of nitrogens with zero attached hydrogens (tertiary/aromatic N) is 1. The number of fused-ring (bicyclic) bond motifs is 1. The molecule has 1 aliphatic rings. The first-order valence-electron chi connectivity index (χ1n) is 10.4. The van der Waals surface area contributed by atoms with Crippen LogP contribution in [-0.2, 0) is 14.8 Å². The van der Waals surface area contributed by atoms with E-state index in [1.165, 1.54) is 22.5 Å². The number of nitrogens with one attached hydrogen (secondary N) is 1. The summed E-state index contributed by atoms with van der Waals surface area (Å²) in [6.45, 7) is 2.17. The van der Waals surface area contributed by atoms with Gasteiger partial charge in [0.25, 0.3) is 0 Å². The Kier molecular flexibility index (Phi) is 6.37. The maximum atomic E-state index is 13.0. The van der Waals surface area contributed by atoms with E-state index < -0.39 is 22.6 Å². The zero-order chi connectivity index (χ0) is 22.9. The molecule has 2 aromatic carbocycles. The number of ether oxygens (including phenoxy) is 1. The van der Waals surface area contributed by atoms with Crippen molar-refractivity contribution in [1.29, 1.82) is 0 Å². The zero-order valence-electron chi connectivity index (χ0n) is 17.6. The lowest BCUT2D eigenvalue weighted by Crippen LogP contribution is -2.35. The maximum absolute atomic E-state index is 13.0. The molecule has 0 aliphatic carbocycles. The summed E-state index contributed by atoms with van der Waals surface area (Å²) in [4.78, 5) is 28.4. The second kappa shape index (κ2) is 9.05. The summed E-state index contributed by atoms with van der Waals surface area (Å²) in [6.07, 6.45) is 2.55. The Morgan fingerprint density at radius 3 is 2.56 bits per heavy atom. The summed E-state index contributed by atoms with van der Waals surface area (Å²) >= 11 is 6.16. The fourth-order valence-corrected chi connectivity index (χ4v) is 6.01. The Hall–Kier alpha value is -2.68. The number of rotatable bonds is 6. The second-order valence-electron chi connectivity index (χ2n) is 7.78. The van der Waals surface area contributed by atoms with Gasteiger partial charge in [-0.05, 0) is 44.0 Å². The number of hydrogen-bond acceptors (Lipinski definition) is 5. The summed E-state index contributed by atoms with van der Waals surface area (Å²) in [5, 5.41) is 0.796. The van der Waals surface area contributed by atoms with Crippen molar-refractivity contribution in [2.75, 3.05) is 19.7 Å². The highest BCUT2D eigenvalue weighted by Crippen LogP contribution is 2.28. The molecule has 1 aromatic heterocycles. The van der Waals surface area contributed by atoms with Crippen molar-refractivity contribution >= 4 is 44.3 Å². The Morgan fingerprint density at radius 1 is 1.09 bits per heavy atom. The van der Waals surface area contributed by atoms with Gasteiger partial charge in [0.2, 0.25) is 15.8 Å².